The van der Waals surface area contributed by atoms with Crippen molar-refractivity contribution < 1.29 is 4.79 Å². The predicted octanol–water partition coefficient (Wildman–Crippen LogP) is 3.47. The van der Waals surface area contributed by atoms with Crippen LogP contribution in [0.2, 0.25) is 10.0 Å². The van der Waals surface area contributed by atoms with Gasteiger partial charge < -0.3 is 4.79 Å². The molecule has 0 bridgehead atoms. The van der Waals surface area contributed by atoms with E-state index in [2.05, 4.69) is 0 Å². The summed E-state index contributed by atoms with van der Waals surface area (Å²) in [6.07, 6.45) is 0.866. The highest BCUT2D eigenvalue weighted by atomic mass is 35.5. The van der Waals surface area contributed by atoms with Crippen molar-refractivity contribution >= 4 is 29.5 Å². The molecule has 70 valence electrons. The maximum absolute atomic E-state index is 10.8. The Labute approximate surface area is 87.7 Å². The van der Waals surface area contributed by atoms with Crippen LogP contribution in [0.5, 0.6) is 0 Å². The molecule has 1 rings (SSSR count). The van der Waals surface area contributed by atoms with E-state index in [1.807, 2.05) is 0 Å². The number of carbonyl (C=O) groups is 1. The molecule has 0 aliphatic heterocycles. The van der Waals surface area contributed by atoms with Gasteiger partial charge in [-0.15, -0.1) is 0 Å². The first-order valence-corrected chi connectivity index (χ1v) is 4.65. The fraction of sp³-hybridized carbons (Fsp3) is 0.300. The monoisotopic (exact) mass is 216 g/mol. The van der Waals surface area contributed by atoms with Crippen LogP contribution in [-0.4, -0.2) is 6.29 Å². The molecule has 1 nitrogen and oxygen atoms in total. The number of benzene rings is 1. The lowest BCUT2D eigenvalue weighted by Gasteiger charge is -2.18. The molecule has 0 amide bonds. The summed E-state index contributed by atoms with van der Waals surface area (Å²) >= 11 is 11.7. The van der Waals surface area contributed by atoms with E-state index in [4.69, 9.17) is 23.2 Å². The zero-order chi connectivity index (χ0) is 10.1. The number of carbonyl (C=O) groups excluding carboxylic acids is 1. The number of hydrogen-bond acceptors (Lipinski definition) is 1. The summed E-state index contributed by atoms with van der Waals surface area (Å²) in [7, 11) is 0. The van der Waals surface area contributed by atoms with Crippen molar-refractivity contribution in [2.45, 2.75) is 19.3 Å². The number of rotatable bonds is 2. The maximum atomic E-state index is 10.8. The maximum Gasteiger partial charge on any atom is 0.130 e. The Kier molecular flexibility index (Phi) is 2.99. The van der Waals surface area contributed by atoms with E-state index < -0.39 is 5.41 Å². The van der Waals surface area contributed by atoms with Crippen molar-refractivity contribution in [1.82, 2.24) is 0 Å². The summed E-state index contributed by atoms with van der Waals surface area (Å²) in [6, 6.07) is 5.12. The minimum absolute atomic E-state index is 0.571. The zero-order valence-electron chi connectivity index (χ0n) is 7.47. The largest absolute Gasteiger partial charge is 0.302 e. The molecule has 13 heavy (non-hydrogen) atoms. The third kappa shape index (κ3) is 2.23. The van der Waals surface area contributed by atoms with Gasteiger partial charge in [-0.05, 0) is 37.6 Å². The molecule has 0 aliphatic carbocycles. The first kappa shape index (κ1) is 10.6. The van der Waals surface area contributed by atoms with Gasteiger partial charge in [0.15, 0.2) is 0 Å². The molecule has 0 saturated carbocycles. The first-order valence-electron chi connectivity index (χ1n) is 3.89. The second-order valence-corrected chi connectivity index (χ2v) is 4.31. The normalized spacial score (nSPS) is 11.4. The molecular formula is C10H10Cl2O. The Balaban J connectivity index is 3.28. The van der Waals surface area contributed by atoms with Crippen molar-refractivity contribution in [3.8, 4) is 0 Å². The fourth-order valence-corrected chi connectivity index (χ4v) is 1.59. The summed E-state index contributed by atoms with van der Waals surface area (Å²) in [5.41, 5.74) is 0.179. The molecule has 0 atom stereocenters. The van der Waals surface area contributed by atoms with Crippen LogP contribution < -0.4 is 0 Å². The summed E-state index contributed by atoms with van der Waals surface area (Å²) in [4.78, 5) is 10.8. The predicted molar refractivity (Wildman–Crippen MR) is 55.6 cm³/mol. The lowest BCUT2D eigenvalue weighted by Crippen LogP contribution is -2.19. The molecule has 0 aliphatic rings. The Morgan fingerprint density at radius 2 is 1.92 bits per heavy atom. The van der Waals surface area contributed by atoms with Crippen LogP contribution in [0.4, 0.5) is 0 Å². The van der Waals surface area contributed by atoms with Gasteiger partial charge in [-0.1, -0.05) is 23.2 Å². The SMILES string of the molecule is CC(C)(C=O)c1cc(Cl)ccc1Cl. The molecule has 1 aromatic rings. The van der Waals surface area contributed by atoms with Crippen molar-refractivity contribution in [3.05, 3.63) is 33.8 Å². The summed E-state index contributed by atoms with van der Waals surface area (Å²) in [5, 5.41) is 1.16. The van der Waals surface area contributed by atoms with Crippen LogP contribution >= 0.6 is 23.2 Å². The number of hydrogen-bond donors (Lipinski definition) is 0. The van der Waals surface area contributed by atoms with Gasteiger partial charge in [0.05, 0.1) is 0 Å². The highest BCUT2D eigenvalue weighted by Gasteiger charge is 2.22. The van der Waals surface area contributed by atoms with Crippen LogP contribution in [0.3, 0.4) is 0 Å². The van der Waals surface area contributed by atoms with Gasteiger partial charge in [0, 0.05) is 15.5 Å². The van der Waals surface area contributed by atoms with E-state index in [0.29, 0.717) is 10.0 Å². The van der Waals surface area contributed by atoms with E-state index >= 15 is 0 Å². The number of aldehydes is 1. The van der Waals surface area contributed by atoms with E-state index in [1.165, 1.54) is 0 Å². The van der Waals surface area contributed by atoms with Crippen LogP contribution in [0.25, 0.3) is 0 Å². The highest BCUT2D eigenvalue weighted by molar-refractivity contribution is 6.33. The summed E-state index contributed by atoms with van der Waals surface area (Å²) < 4.78 is 0. The minimum atomic E-state index is -0.581. The fourth-order valence-electron chi connectivity index (χ4n) is 1.05. The Hall–Kier alpha value is -0.530. The van der Waals surface area contributed by atoms with Gasteiger partial charge in [0.2, 0.25) is 0 Å². The topological polar surface area (TPSA) is 17.1 Å². The Bertz CT molecular complexity index is 332. The van der Waals surface area contributed by atoms with Crippen LogP contribution in [0, 0.1) is 0 Å². The standard InChI is InChI=1S/C10H10Cl2O/c1-10(2,6-13)8-5-7(11)3-4-9(8)12/h3-6H,1-2H3. The third-order valence-corrected chi connectivity index (χ3v) is 2.48. The van der Waals surface area contributed by atoms with Gasteiger partial charge in [0.25, 0.3) is 0 Å². The lowest BCUT2D eigenvalue weighted by molar-refractivity contribution is -0.111. The average Bonchev–Trinajstić information content (AvgIpc) is 2.09. The Morgan fingerprint density at radius 1 is 1.31 bits per heavy atom. The zero-order valence-corrected chi connectivity index (χ0v) is 8.99. The van der Waals surface area contributed by atoms with E-state index in [9.17, 15) is 4.79 Å². The van der Waals surface area contributed by atoms with Crippen molar-refractivity contribution in [1.29, 1.82) is 0 Å². The summed E-state index contributed by atoms with van der Waals surface area (Å²) in [5.74, 6) is 0. The second kappa shape index (κ2) is 3.69. The van der Waals surface area contributed by atoms with Gasteiger partial charge in [-0.3, -0.25) is 0 Å². The molecule has 0 aromatic heterocycles. The molecule has 0 spiro atoms. The van der Waals surface area contributed by atoms with E-state index in [-0.39, 0.29) is 0 Å². The molecule has 0 heterocycles. The molecule has 0 unspecified atom stereocenters. The Morgan fingerprint density at radius 3 is 2.46 bits per heavy atom. The highest BCUT2D eigenvalue weighted by Crippen LogP contribution is 2.30. The number of halogens is 2. The minimum Gasteiger partial charge on any atom is -0.302 e. The van der Waals surface area contributed by atoms with Crippen LogP contribution in [-0.2, 0) is 10.2 Å². The molecule has 0 N–H and O–H groups in total. The van der Waals surface area contributed by atoms with Crippen LogP contribution in [0.15, 0.2) is 18.2 Å². The summed E-state index contributed by atoms with van der Waals surface area (Å²) in [6.45, 7) is 3.61. The van der Waals surface area contributed by atoms with Crippen molar-refractivity contribution in [2.75, 3.05) is 0 Å². The van der Waals surface area contributed by atoms with Crippen LogP contribution in [0.1, 0.15) is 19.4 Å². The molecular weight excluding hydrogens is 207 g/mol. The quantitative estimate of drug-likeness (QED) is 0.693. The third-order valence-electron chi connectivity index (χ3n) is 1.92. The van der Waals surface area contributed by atoms with Gasteiger partial charge in [-0.2, -0.15) is 0 Å². The van der Waals surface area contributed by atoms with Gasteiger partial charge in [0.1, 0.15) is 6.29 Å². The second-order valence-electron chi connectivity index (χ2n) is 3.46. The molecule has 0 saturated heterocycles. The smallest absolute Gasteiger partial charge is 0.130 e. The molecule has 0 fully saturated rings. The van der Waals surface area contributed by atoms with Gasteiger partial charge >= 0.3 is 0 Å². The first-order chi connectivity index (χ1) is 5.97. The van der Waals surface area contributed by atoms with E-state index in [0.717, 1.165) is 11.8 Å². The molecule has 1 aromatic carbocycles. The van der Waals surface area contributed by atoms with Crippen molar-refractivity contribution in [2.24, 2.45) is 0 Å². The van der Waals surface area contributed by atoms with E-state index in [1.54, 1.807) is 32.0 Å². The molecule has 0 radical (unpaired) electrons. The van der Waals surface area contributed by atoms with Gasteiger partial charge in [-0.25, -0.2) is 0 Å². The van der Waals surface area contributed by atoms with Crippen molar-refractivity contribution in [3.63, 3.8) is 0 Å². The molecule has 3 heteroatoms. The average molecular weight is 217 g/mol. The lowest BCUT2D eigenvalue weighted by atomic mass is 9.86.